The Kier molecular flexibility index (Phi) is 6.26. The maximum absolute atomic E-state index is 6.11. The van der Waals surface area contributed by atoms with Crippen LogP contribution in [-0.4, -0.2) is 15.0 Å². The Morgan fingerprint density at radius 3 is 1.86 bits per heavy atom. The highest BCUT2D eigenvalue weighted by Gasteiger charge is 2.17. The van der Waals surface area contributed by atoms with E-state index in [1.807, 2.05) is 83.3 Å². The first-order valence-electron chi connectivity index (χ1n) is 16.8. The Balaban J connectivity index is 1.05. The van der Waals surface area contributed by atoms with Gasteiger partial charge in [0.15, 0.2) is 17.5 Å². The van der Waals surface area contributed by atoms with Crippen molar-refractivity contribution in [3.63, 3.8) is 0 Å². The molecule has 0 spiro atoms. The SMILES string of the molecule is c1ccc(-c2nc(-c3ccc4c(c3)sc3ccc(-c5cccc6c5sc5ccccc56)cc34)nc(-c3ccc4oc5ccccc5c4c3)n2)cc1. The Morgan fingerprint density at radius 1 is 0.353 bits per heavy atom. The maximum atomic E-state index is 6.11. The zero-order valence-electron chi connectivity index (χ0n) is 27.0. The predicted octanol–water partition coefficient (Wildman–Crippen LogP) is 13.2. The molecule has 0 N–H and O–H groups in total. The number of rotatable bonds is 4. The summed E-state index contributed by atoms with van der Waals surface area (Å²) in [4.78, 5) is 15.1. The van der Waals surface area contributed by atoms with Crippen molar-refractivity contribution in [1.29, 1.82) is 0 Å². The van der Waals surface area contributed by atoms with Crippen molar-refractivity contribution >= 4 is 85.0 Å². The zero-order chi connectivity index (χ0) is 33.5. The van der Waals surface area contributed by atoms with E-state index in [2.05, 4.69) is 91.0 Å². The molecule has 0 saturated heterocycles. The second kappa shape index (κ2) is 11.2. The summed E-state index contributed by atoms with van der Waals surface area (Å²) in [7, 11) is 0. The van der Waals surface area contributed by atoms with Crippen molar-refractivity contribution in [3.05, 3.63) is 152 Å². The lowest BCUT2D eigenvalue weighted by molar-refractivity contribution is 0.669. The molecule has 11 aromatic rings. The van der Waals surface area contributed by atoms with E-state index >= 15 is 0 Å². The van der Waals surface area contributed by atoms with Crippen molar-refractivity contribution in [3.8, 4) is 45.3 Å². The summed E-state index contributed by atoms with van der Waals surface area (Å²) in [6, 6.07) is 53.3. The molecule has 0 radical (unpaired) electrons. The molecule has 0 bridgehead atoms. The molecule has 0 amide bonds. The van der Waals surface area contributed by atoms with Gasteiger partial charge >= 0.3 is 0 Å². The first kappa shape index (κ1) is 28.6. The van der Waals surface area contributed by atoms with Crippen LogP contribution >= 0.6 is 22.7 Å². The van der Waals surface area contributed by atoms with Crippen LogP contribution in [0.2, 0.25) is 0 Å². The van der Waals surface area contributed by atoms with Crippen molar-refractivity contribution < 1.29 is 4.42 Å². The molecule has 0 aliphatic heterocycles. The van der Waals surface area contributed by atoms with Crippen LogP contribution in [0.4, 0.5) is 0 Å². The average Bonchev–Trinajstić information content (AvgIpc) is 3.88. The molecule has 4 heterocycles. The summed E-state index contributed by atoms with van der Waals surface area (Å²) in [5.74, 6) is 1.92. The van der Waals surface area contributed by atoms with E-state index in [9.17, 15) is 0 Å². The van der Waals surface area contributed by atoms with E-state index < -0.39 is 0 Å². The van der Waals surface area contributed by atoms with Crippen LogP contribution in [0.25, 0.3) is 108 Å². The molecule has 4 aromatic heterocycles. The van der Waals surface area contributed by atoms with Crippen LogP contribution in [0, 0.1) is 0 Å². The third-order valence-corrected chi connectivity index (χ3v) is 12.1. The molecule has 0 unspecified atom stereocenters. The van der Waals surface area contributed by atoms with Crippen molar-refractivity contribution in [2.75, 3.05) is 0 Å². The normalized spacial score (nSPS) is 11.9. The quantitative estimate of drug-likeness (QED) is 0.185. The largest absolute Gasteiger partial charge is 0.456 e. The third kappa shape index (κ3) is 4.61. The highest BCUT2D eigenvalue weighted by molar-refractivity contribution is 7.26. The van der Waals surface area contributed by atoms with Crippen LogP contribution in [0.15, 0.2) is 156 Å². The standard InChI is InChI=1S/C45H25N3OS2/c1-2-9-26(10-3-1)43-46-44(28-18-21-38-35(24-28)31-11-4-6-15-37(31)49-38)48-45(47-43)29-17-20-33-36-23-27(19-22-40(36)50-41(33)25-29)30-13-8-14-34-32-12-5-7-16-39(32)51-42(30)34/h1-25H. The molecule has 11 rings (SSSR count). The molecule has 7 aromatic carbocycles. The fourth-order valence-corrected chi connectivity index (χ4v) is 9.64. The third-order valence-electron chi connectivity index (χ3n) is 9.75. The highest BCUT2D eigenvalue weighted by Crippen LogP contribution is 2.43. The van der Waals surface area contributed by atoms with Crippen LogP contribution in [0.3, 0.4) is 0 Å². The summed E-state index contributed by atoms with van der Waals surface area (Å²) >= 11 is 3.68. The van der Waals surface area contributed by atoms with Gasteiger partial charge in [0.25, 0.3) is 0 Å². The van der Waals surface area contributed by atoms with Crippen LogP contribution in [-0.2, 0) is 0 Å². The van der Waals surface area contributed by atoms with E-state index in [1.54, 1.807) is 0 Å². The number of nitrogens with zero attached hydrogens (tertiary/aromatic N) is 3. The smallest absolute Gasteiger partial charge is 0.164 e. The van der Waals surface area contributed by atoms with Gasteiger partial charge in [-0.1, -0.05) is 103 Å². The molecule has 0 aliphatic carbocycles. The minimum Gasteiger partial charge on any atom is -0.456 e. The zero-order valence-corrected chi connectivity index (χ0v) is 28.6. The molecule has 4 nitrogen and oxygen atoms in total. The first-order valence-corrected chi connectivity index (χ1v) is 18.5. The summed E-state index contributed by atoms with van der Waals surface area (Å²) < 4.78 is 11.2. The fraction of sp³-hybridized carbons (Fsp3) is 0. The van der Waals surface area contributed by atoms with Gasteiger partial charge in [-0.3, -0.25) is 0 Å². The summed E-state index contributed by atoms with van der Waals surface area (Å²) in [6.07, 6.45) is 0. The van der Waals surface area contributed by atoms with Gasteiger partial charge in [-0.25, -0.2) is 15.0 Å². The van der Waals surface area contributed by atoms with Gasteiger partial charge < -0.3 is 4.42 Å². The molecule has 238 valence electrons. The molecule has 6 heteroatoms. The second-order valence-corrected chi connectivity index (χ2v) is 14.9. The molecule has 51 heavy (non-hydrogen) atoms. The number of aromatic nitrogens is 3. The fourth-order valence-electron chi connectivity index (χ4n) is 7.27. The topological polar surface area (TPSA) is 51.8 Å². The Hall–Kier alpha value is -6.21. The Bertz CT molecular complexity index is 3160. The monoisotopic (exact) mass is 687 g/mol. The number of fused-ring (bicyclic) bond motifs is 9. The first-order chi connectivity index (χ1) is 25.2. The van der Waals surface area contributed by atoms with E-state index in [-0.39, 0.29) is 0 Å². The number of para-hydroxylation sites is 1. The number of hydrogen-bond acceptors (Lipinski definition) is 6. The summed E-state index contributed by atoms with van der Waals surface area (Å²) in [6.45, 7) is 0. The van der Waals surface area contributed by atoms with Gasteiger partial charge in [-0.15, -0.1) is 22.7 Å². The van der Waals surface area contributed by atoms with Gasteiger partial charge in [0.2, 0.25) is 0 Å². The van der Waals surface area contributed by atoms with Gasteiger partial charge in [-0.05, 0) is 59.7 Å². The number of thiophene rings is 2. The lowest BCUT2D eigenvalue weighted by Gasteiger charge is -2.09. The van der Waals surface area contributed by atoms with Crippen molar-refractivity contribution in [1.82, 2.24) is 15.0 Å². The van der Waals surface area contributed by atoms with Crippen LogP contribution < -0.4 is 0 Å². The number of hydrogen-bond donors (Lipinski definition) is 0. The van der Waals surface area contributed by atoms with Crippen molar-refractivity contribution in [2.24, 2.45) is 0 Å². The Labute approximate surface area is 299 Å². The Morgan fingerprint density at radius 2 is 0.980 bits per heavy atom. The molecule has 0 saturated carbocycles. The highest BCUT2D eigenvalue weighted by atomic mass is 32.1. The number of furan rings is 1. The maximum Gasteiger partial charge on any atom is 0.164 e. The minimum atomic E-state index is 0.627. The van der Waals surface area contributed by atoms with Gasteiger partial charge in [0, 0.05) is 67.8 Å². The number of benzene rings is 7. The molecular weight excluding hydrogens is 663 g/mol. The van der Waals surface area contributed by atoms with E-state index in [0.717, 1.165) is 38.6 Å². The molecular formula is C45H25N3OS2. The average molecular weight is 688 g/mol. The second-order valence-electron chi connectivity index (χ2n) is 12.8. The predicted molar refractivity (Wildman–Crippen MR) is 215 cm³/mol. The van der Waals surface area contributed by atoms with E-state index in [1.165, 1.54) is 51.5 Å². The lowest BCUT2D eigenvalue weighted by atomic mass is 10.0. The molecule has 0 aliphatic rings. The van der Waals surface area contributed by atoms with Crippen molar-refractivity contribution in [2.45, 2.75) is 0 Å². The van der Waals surface area contributed by atoms with Crippen LogP contribution in [0.1, 0.15) is 0 Å². The van der Waals surface area contributed by atoms with Gasteiger partial charge in [0.1, 0.15) is 11.2 Å². The summed E-state index contributed by atoms with van der Waals surface area (Å²) in [5.41, 5.74) is 7.04. The minimum absolute atomic E-state index is 0.627. The van der Waals surface area contributed by atoms with Gasteiger partial charge in [0.05, 0.1) is 0 Å². The van der Waals surface area contributed by atoms with E-state index in [0.29, 0.717) is 17.5 Å². The molecule has 0 fully saturated rings. The van der Waals surface area contributed by atoms with Crippen LogP contribution in [0.5, 0.6) is 0 Å². The molecule has 0 atom stereocenters. The lowest BCUT2D eigenvalue weighted by Crippen LogP contribution is -2.00. The van der Waals surface area contributed by atoms with Gasteiger partial charge in [-0.2, -0.15) is 0 Å². The summed E-state index contributed by atoms with van der Waals surface area (Å²) in [5, 5.41) is 7.25. The van der Waals surface area contributed by atoms with E-state index in [4.69, 9.17) is 19.4 Å².